The van der Waals surface area contributed by atoms with Gasteiger partial charge in [0.05, 0.1) is 6.04 Å². The van der Waals surface area contributed by atoms with Gasteiger partial charge in [-0.25, -0.2) is 0 Å². The summed E-state index contributed by atoms with van der Waals surface area (Å²) in [4.78, 5) is 51.8. The number of amides is 3. The lowest BCUT2D eigenvalue weighted by molar-refractivity contribution is -0.145. The molecule has 0 aromatic carbocycles. The van der Waals surface area contributed by atoms with Gasteiger partial charge in [0.1, 0.15) is 11.6 Å². The van der Waals surface area contributed by atoms with Crippen molar-refractivity contribution in [1.29, 1.82) is 0 Å². The first-order valence-electron chi connectivity index (χ1n) is 9.70. The van der Waals surface area contributed by atoms with Crippen LogP contribution in [0.1, 0.15) is 53.9 Å². The van der Waals surface area contributed by atoms with Crippen molar-refractivity contribution in [2.24, 2.45) is 11.1 Å². The Bertz CT molecular complexity index is 641. The van der Waals surface area contributed by atoms with Gasteiger partial charge >= 0.3 is 0 Å². The van der Waals surface area contributed by atoms with Crippen LogP contribution in [-0.4, -0.2) is 59.1 Å². The number of rotatable bonds is 8. The number of Topliss-reactive ketones (excluding diaryl/α,β-unsaturated/α-hetero) is 1. The first-order valence-corrected chi connectivity index (χ1v) is 9.70. The highest BCUT2D eigenvalue weighted by Gasteiger charge is 2.43. The Morgan fingerprint density at radius 2 is 1.86 bits per heavy atom. The number of carbonyl (C=O) groups excluding carboxylic acids is 4. The topological polar surface area (TPSA) is 122 Å². The molecule has 1 unspecified atom stereocenters. The molecular formula is C20H34N4O4. The first kappa shape index (κ1) is 23.8. The molecule has 0 saturated carbocycles. The van der Waals surface area contributed by atoms with Crippen molar-refractivity contribution in [2.75, 3.05) is 13.1 Å². The molecule has 1 fully saturated rings. The molecule has 0 aromatic heterocycles. The fraction of sp³-hybridized carbons (Fsp3) is 0.700. The molecule has 0 bridgehead atoms. The lowest BCUT2D eigenvalue weighted by Crippen LogP contribution is -2.61. The predicted molar refractivity (Wildman–Crippen MR) is 107 cm³/mol. The Labute approximate surface area is 167 Å². The molecule has 1 aliphatic heterocycles. The van der Waals surface area contributed by atoms with Crippen LogP contribution in [0.5, 0.6) is 0 Å². The van der Waals surface area contributed by atoms with Crippen LogP contribution in [0.3, 0.4) is 0 Å². The van der Waals surface area contributed by atoms with E-state index < -0.39 is 40.6 Å². The molecule has 1 saturated heterocycles. The Kier molecular flexibility index (Phi) is 7.93. The molecule has 3 atom stereocenters. The number of ketones is 1. The van der Waals surface area contributed by atoms with Crippen LogP contribution >= 0.6 is 0 Å². The number of carbonyl (C=O) groups is 4. The van der Waals surface area contributed by atoms with Gasteiger partial charge in [0, 0.05) is 13.1 Å². The van der Waals surface area contributed by atoms with E-state index in [-0.39, 0.29) is 18.9 Å². The SMILES string of the molecule is C=CCNC(=O)C(=O)C(C)(CC)NC(=O)[C@@H]1CCCN1C(=O)[C@@H](N)C(C)(C)C. The van der Waals surface area contributed by atoms with Crippen LogP contribution < -0.4 is 16.4 Å². The van der Waals surface area contributed by atoms with Gasteiger partial charge in [0.15, 0.2) is 0 Å². The van der Waals surface area contributed by atoms with Gasteiger partial charge < -0.3 is 21.3 Å². The number of nitrogens with one attached hydrogen (secondary N) is 2. The Morgan fingerprint density at radius 1 is 1.25 bits per heavy atom. The molecule has 1 aliphatic rings. The van der Waals surface area contributed by atoms with E-state index in [0.717, 1.165) is 0 Å². The number of nitrogens with two attached hydrogens (primary N) is 1. The third-order valence-corrected chi connectivity index (χ3v) is 5.26. The van der Waals surface area contributed by atoms with Crippen LogP contribution in [0.2, 0.25) is 0 Å². The number of hydrogen-bond acceptors (Lipinski definition) is 5. The molecule has 0 aromatic rings. The van der Waals surface area contributed by atoms with Gasteiger partial charge in [0.25, 0.3) is 5.91 Å². The maximum Gasteiger partial charge on any atom is 0.290 e. The molecular weight excluding hydrogens is 360 g/mol. The lowest BCUT2D eigenvalue weighted by Gasteiger charge is -2.34. The highest BCUT2D eigenvalue weighted by molar-refractivity contribution is 6.39. The lowest BCUT2D eigenvalue weighted by atomic mass is 9.86. The van der Waals surface area contributed by atoms with Gasteiger partial charge in [-0.2, -0.15) is 0 Å². The minimum absolute atomic E-state index is 0.161. The summed E-state index contributed by atoms with van der Waals surface area (Å²) in [5, 5.41) is 5.13. The quantitative estimate of drug-likeness (QED) is 0.409. The Morgan fingerprint density at radius 3 is 2.36 bits per heavy atom. The van der Waals surface area contributed by atoms with E-state index in [2.05, 4.69) is 17.2 Å². The van der Waals surface area contributed by atoms with Crippen LogP contribution in [0.4, 0.5) is 0 Å². The maximum absolute atomic E-state index is 12.9. The number of nitrogens with zero attached hydrogens (tertiary/aromatic N) is 1. The van der Waals surface area contributed by atoms with Gasteiger partial charge in [-0.3, -0.25) is 19.2 Å². The van der Waals surface area contributed by atoms with Crippen LogP contribution in [0.25, 0.3) is 0 Å². The second kappa shape index (κ2) is 9.32. The van der Waals surface area contributed by atoms with E-state index in [1.54, 1.807) is 6.92 Å². The molecule has 0 radical (unpaired) electrons. The predicted octanol–water partition coefficient (Wildman–Crippen LogP) is 0.507. The van der Waals surface area contributed by atoms with Crippen molar-refractivity contribution in [3.05, 3.63) is 12.7 Å². The van der Waals surface area contributed by atoms with Gasteiger partial charge in [-0.1, -0.05) is 33.8 Å². The first-order chi connectivity index (χ1) is 12.9. The summed E-state index contributed by atoms with van der Waals surface area (Å²) in [6.45, 7) is 12.9. The van der Waals surface area contributed by atoms with Crippen molar-refractivity contribution >= 4 is 23.5 Å². The summed E-state index contributed by atoms with van der Waals surface area (Å²) in [6.07, 6.45) is 2.87. The number of likely N-dealkylation sites (tertiary alicyclic amines) is 1. The summed E-state index contributed by atoms with van der Waals surface area (Å²) in [5.41, 5.74) is 4.30. The molecule has 8 heteroatoms. The fourth-order valence-electron chi connectivity index (χ4n) is 3.01. The Balaban J connectivity index is 2.93. The minimum Gasteiger partial charge on any atom is -0.346 e. The summed E-state index contributed by atoms with van der Waals surface area (Å²) in [6, 6.07) is -1.43. The van der Waals surface area contributed by atoms with Crippen LogP contribution in [-0.2, 0) is 19.2 Å². The maximum atomic E-state index is 12.9. The summed E-state index contributed by atoms with van der Waals surface area (Å²) in [7, 11) is 0. The van der Waals surface area contributed by atoms with E-state index in [1.165, 1.54) is 17.9 Å². The second-order valence-corrected chi connectivity index (χ2v) is 8.54. The smallest absolute Gasteiger partial charge is 0.290 e. The molecule has 8 nitrogen and oxygen atoms in total. The van der Waals surface area contributed by atoms with E-state index in [1.807, 2.05) is 20.8 Å². The molecule has 3 amide bonds. The van der Waals surface area contributed by atoms with Crippen molar-refractivity contribution in [2.45, 2.75) is 71.5 Å². The highest BCUT2D eigenvalue weighted by atomic mass is 16.2. The minimum atomic E-state index is -1.36. The molecule has 158 valence electrons. The van der Waals surface area contributed by atoms with Gasteiger partial charge in [-0.15, -0.1) is 6.58 Å². The summed E-state index contributed by atoms with van der Waals surface area (Å²) < 4.78 is 0. The van der Waals surface area contributed by atoms with Crippen molar-refractivity contribution in [3.63, 3.8) is 0 Å². The third kappa shape index (κ3) is 5.41. The largest absolute Gasteiger partial charge is 0.346 e. The average Bonchev–Trinajstić information content (AvgIpc) is 3.13. The monoisotopic (exact) mass is 394 g/mol. The highest BCUT2D eigenvalue weighted by Crippen LogP contribution is 2.25. The van der Waals surface area contributed by atoms with Crippen LogP contribution in [0.15, 0.2) is 12.7 Å². The van der Waals surface area contributed by atoms with E-state index in [4.69, 9.17) is 5.73 Å². The Hall–Kier alpha value is -2.22. The van der Waals surface area contributed by atoms with E-state index >= 15 is 0 Å². The summed E-state index contributed by atoms with van der Waals surface area (Å²) >= 11 is 0. The summed E-state index contributed by atoms with van der Waals surface area (Å²) in [5.74, 6) is -2.23. The van der Waals surface area contributed by atoms with E-state index in [0.29, 0.717) is 19.4 Å². The normalized spacial score (nSPS) is 20.1. The zero-order valence-electron chi connectivity index (χ0n) is 17.6. The zero-order valence-corrected chi connectivity index (χ0v) is 17.6. The molecule has 1 rings (SSSR count). The van der Waals surface area contributed by atoms with Crippen molar-refractivity contribution in [1.82, 2.24) is 15.5 Å². The molecule has 0 spiro atoms. The average molecular weight is 395 g/mol. The van der Waals surface area contributed by atoms with Crippen molar-refractivity contribution in [3.8, 4) is 0 Å². The molecule has 0 aliphatic carbocycles. The van der Waals surface area contributed by atoms with E-state index in [9.17, 15) is 19.2 Å². The molecule has 1 heterocycles. The second-order valence-electron chi connectivity index (χ2n) is 8.54. The van der Waals surface area contributed by atoms with Crippen molar-refractivity contribution < 1.29 is 19.2 Å². The standard InChI is InChI=1S/C20H34N4O4/c1-7-11-22-17(27)15(25)20(6,8-2)23-16(26)13-10-9-12-24(13)18(28)14(21)19(3,4)5/h7,13-14H,1,8-12,21H2,2-6H3,(H,22,27)(H,23,26)/t13-,14+,20?/m0/s1. The van der Waals surface area contributed by atoms with Gasteiger partial charge in [-0.05, 0) is 31.6 Å². The van der Waals surface area contributed by atoms with Crippen LogP contribution in [0, 0.1) is 5.41 Å². The molecule has 28 heavy (non-hydrogen) atoms. The fourth-order valence-corrected chi connectivity index (χ4v) is 3.01. The van der Waals surface area contributed by atoms with Gasteiger partial charge in [0.2, 0.25) is 17.6 Å². The zero-order chi connectivity index (χ0) is 21.7. The number of hydrogen-bond donors (Lipinski definition) is 3. The molecule has 4 N–H and O–H groups in total. The third-order valence-electron chi connectivity index (χ3n) is 5.26.